The van der Waals surface area contributed by atoms with Gasteiger partial charge in [0.2, 0.25) is 5.91 Å². The van der Waals surface area contributed by atoms with E-state index in [4.69, 9.17) is 4.74 Å². The number of aromatic nitrogens is 3. The summed E-state index contributed by atoms with van der Waals surface area (Å²) in [7, 11) is 5.42. The molecule has 0 aliphatic carbocycles. The van der Waals surface area contributed by atoms with Gasteiger partial charge < -0.3 is 15.0 Å². The van der Waals surface area contributed by atoms with Crippen LogP contribution in [0.2, 0.25) is 0 Å². The van der Waals surface area contributed by atoms with Crippen LogP contribution < -0.4 is 15.6 Å². The van der Waals surface area contributed by atoms with Gasteiger partial charge >= 0.3 is 0 Å². The molecule has 0 aliphatic heterocycles. The van der Waals surface area contributed by atoms with E-state index in [0.29, 0.717) is 29.0 Å². The summed E-state index contributed by atoms with van der Waals surface area (Å²) in [6.07, 6.45) is 1.51. The van der Waals surface area contributed by atoms with Crippen LogP contribution in [0.5, 0.6) is 5.75 Å². The van der Waals surface area contributed by atoms with E-state index in [1.807, 2.05) is 32.8 Å². The Labute approximate surface area is 214 Å². The number of nitrogens with zero attached hydrogens (tertiary/aromatic N) is 4. The van der Waals surface area contributed by atoms with E-state index in [0.717, 1.165) is 5.56 Å². The van der Waals surface area contributed by atoms with E-state index in [2.05, 4.69) is 15.3 Å². The van der Waals surface area contributed by atoms with Crippen molar-refractivity contribution in [2.75, 3.05) is 21.2 Å². The highest BCUT2D eigenvalue weighted by atomic mass is 19.1. The molecule has 1 N–H and O–H groups in total. The summed E-state index contributed by atoms with van der Waals surface area (Å²) in [6, 6.07) is 13.5. The molecule has 2 aromatic carbocycles. The fourth-order valence-corrected chi connectivity index (χ4v) is 4.15. The average molecular weight is 504 g/mol. The van der Waals surface area contributed by atoms with Gasteiger partial charge in [0.25, 0.3) is 5.56 Å². The summed E-state index contributed by atoms with van der Waals surface area (Å²) >= 11 is 0. The molecule has 37 heavy (non-hydrogen) atoms. The van der Waals surface area contributed by atoms with Crippen LogP contribution in [0.4, 0.5) is 4.39 Å². The van der Waals surface area contributed by atoms with Crippen molar-refractivity contribution in [2.45, 2.75) is 33.0 Å². The zero-order valence-corrected chi connectivity index (χ0v) is 21.6. The number of rotatable bonds is 8. The number of carbonyl (C=O) groups excluding carboxylic acids is 1. The van der Waals surface area contributed by atoms with E-state index in [9.17, 15) is 14.0 Å². The molecule has 8 nitrogen and oxygen atoms in total. The van der Waals surface area contributed by atoms with Crippen LogP contribution in [0, 0.1) is 5.82 Å². The Morgan fingerprint density at radius 1 is 1.14 bits per heavy atom. The Morgan fingerprint density at radius 2 is 1.92 bits per heavy atom. The van der Waals surface area contributed by atoms with Gasteiger partial charge in [-0.05, 0) is 63.8 Å². The zero-order chi connectivity index (χ0) is 26.7. The number of hydrogen-bond acceptors (Lipinski definition) is 6. The lowest BCUT2D eigenvalue weighted by Crippen LogP contribution is -2.37. The van der Waals surface area contributed by atoms with Crippen LogP contribution in [-0.4, -0.2) is 52.6 Å². The third kappa shape index (κ3) is 5.83. The lowest BCUT2D eigenvalue weighted by atomic mass is 10.0. The number of carbonyl (C=O) groups is 1. The Kier molecular flexibility index (Phi) is 7.63. The lowest BCUT2D eigenvalue weighted by molar-refractivity contribution is -0.122. The molecular formula is C28H30FN5O3. The number of nitrogens with one attached hydrogen (secondary N) is 1. The van der Waals surface area contributed by atoms with Crippen molar-refractivity contribution in [1.29, 1.82) is 0 Å². The summed E-state index contributed by atoms with van der Waals surface area (Å²) in [6.45, 7) is 4.09. The largest absolute Gasteiger partial charge is 0.497 e. The molecule has 0 saturated carbocycles. The SMILES string of the molecule is COc1cccc(-c2nc3ncc(-c4cc(CN(C)C)ccc4F)cc3c(=O)n2CC(=O)NC(C)C)c1. The number of fused-ring (bicyclic) bond motifs is 1. The minimum Gasteiger partial charge on any atom is -0.497 e. The van der Waals surface area contributed by atoms with Crippen LogP contribution in [-0.2, 0) is 17.9 Å². The van der Waals surface area contributed by atoms with Gasteiger partial charge in [-0.25, -0.2) is 14.4 Å². The molecule has 4 aromatic rings. The molecule has 0 atom stereocenters. The highest BCUT2D eigenvalue weighted by Gasteiger charge is 2.18. The highest BCUT2D eigenvalue weighted by molar-refractivity contribution is 5.83. The third-order valence-electron chi connectivity index (χ3n) is 5.73. The average Bonchev–Trinajstić information content (AvgIpc) is 2.86. The van der Waals surface area contributed by atoms with Gasteiger partial charge in [-0.2, -0.15) is 0 Å². The standard InChI is InChI=1S/C28H30FN5O3/c1-17(2)31-25(35)16-34-27(19-7-6-8-21(12-19)37-5)32-26-23(28(34)36)13-20(14-30-26)22-11-18(15-33(3)4)9-10-24(22)29/h6-14,17H,15-16H2,1-5H3,(H,31,35). The second-order valence-corrected chi connectivity index (χ2v) is 9.43. The van der Waals surface area contributed by atoms with E-state index in [1.165, 1.54) is 16.8 Å². The van der Waals surface area contributed by atoms with Gasteiger partial charge in [0, 0.05) is 35.5 Å². The van der Waals surface area contributed by atoms with Crippen molar-refractivity contribution in [2.24, 2.45) is 0 Å². The van der Waals surface area contributed by atoms with E-state index < -0.39 is 11.4 Å². The van der Waals surface area contributed by atoms with Crippen LogP contribution in [0.3, 0.4) is 0 Å². The molecule has 2 aromatic heterocycles. The maximum Gasteiger partial charge on any atom is 0.263 e. The molecule has 0 unspecified atom stereocenters. The second-order valence-electron chi connectivity index (χ2n) is 9.43. The van der Waals surface area contributed by atoms with Crippen molar-refractivity contribution in [3.05, 3.63) is 76.5 Å². The highest BCUT2D eigenvalue weighted by Crippen LogP contribution is 2.27. The molecule has 1 amide bonds. The molecule has 192 valence electrons. The number of pyridine rings is 1. The maximum absolute atomic E-state index is 14.8. The van der Waals surface area contributed by atoms with E-state index in [-0.39, 0.29) is 35.4 Å². The maximum atomic E-state index is 14.8. The first-order valence-electron chi connectivity index (χ1n) is 11.9. The van der Waals surface area contributed by atoms with E-state index >= 15 is 0 Å². The van der Waals surface area contributed by atoms with Crippen molar-refractivity contribution in [3.63, 3.8) is 0 Å². The normalized spacial score (nSPS) is 11.4. The summed E-state index contributed by atoms with van der Waals surface area (Å²) in [5.74, 6) is 0.131. The first-order chi connectivity index (χ1) is 17.7. The number of hydrogen-bond donors (Lipinski definition) is 1. The van der Waals surface area contributed by atoms with Crippen molar-refractivity contribution >= 4 is 16.9 Å². The minimum atomic E-state index is -0.444. The van der Waals surface area contributed by atoms with Gasteiger partial charge in [-0.3, -0.25) is 14.2 Å². The van der Waals surface area contributed by atoms with Crippen LogP contribution >= 0.6 is 0 Å². The quantitative estimate of drug-likeness (QED) is 0.393. The van der Waals surface area contributed by atoms with Crippen molar-refractivity contribution in [1.82, 2.24) is 24.8 Å². The van der Waals surface area contributed by atoms with Crippen molar-refractivity contribution < 1.29 is 13.9 Å². The smallest absolute Gasteiger partial charge is 0.263 e. The predicted molar refractivity (Wildman–Crippen MR) is 142 cm³/mol. The van der Waals surface area contributed by atoms with Crippen LogP contribution in [0.1, 0.15) is 19.4 Å². The Hall–Kier alpha value is -4.11. The summed E-state index contributed by atoms with van der Waals surface area (Å²) in [5, 5.41) is 3.01. The van der Waals surface area contributed by atoms with Crippen molar-refractivity contribution in [3.8, 4) is 28.3 Å². The van der Waals surface area contributed by atoms with Crippen LogP contribution in [0.25, 0.3) is 33.5 Å². The third-order valence-corrected chi connectivity index (χ3v) is 5.73. The number of amides is 1. The predicted octanol–water partition coefficient (Wildman–Crippen LogP) is 3.86. The first-order valence-corrected chi connectivity index (χ1v) is 11.9. The summed E-state index contributed by atoms with van der Waals surface area (Å²) in [4.78, 5) is 37.5. The number of ether oxygens (including phenoxy) is 1. The lowest BCUT2D eigenvalue weighted by Gasteiger charge is -2.16. The Morgan fingerprint density at radius 3 is 2.62 bits per heavy atom. The zero-order valence-electron chi connectivity index (χ0n) is 21.6. The van der Waals surface area contributed by atoms with Gasteiger partial charge in [0.05, 0.1) is 12.5 Å². The van der Waals surface area contributed by atoms with Crippen LogP contribution in [0.15, 0.2) is 59.5 Å². The molecule has 0 spiro atoms. The van der Waals surface area contributed by atoms with Gasteiger partial charge in [0.1, 0.15) is 23.9 Å². The monoisotopic (exact) mass is 503 g/mol. The van der Waals surface area contributed by atoms with E-state index in [1.54, 1.807) is 49.6 Å². The molecule has 0 saturated heterocycles. The number of methoxy groups -OCH3 is 1. The van der Waals surface area contributed by atoms with Gasteiger partial charge in [-0.1, -0.05) is 18.2 Å². The second kappa shape index (κ2) is 10.9. The molecule has 0 radical (unpaired) electrons. The van der Waals surface area contributed by atoms with Gasteiger partial charge in [-0.15, -0.1) is 0 Å². The fraction of sp³-hybridized carbons (Fsp3) is 0.286. The minimum absolute atomic E-state index is 0.0948. The molecule has 0 aliphatic rings. The molecule has 0 bridgehead atoms. The summed E-state index contributed by atoms with van der Waals surface area (Å²) < 4.78 is 21.5. The first kappa shape index (κ1) is 26.0. The molecule has 0 fully saturated rings. The number of benzene rings is 2. The molecule has 2 heterocycles. The molecule has 4 rings (SSSR count). The molecular weight excluding hydrogens is 473 g/mol. The molecule has 9 heteroatoms. The number of halogens is 1. The van der Waals surface area contributed by atoms with Gasteiger partial charge in [0.15, 0.2) is 5.65 Å². The Balaban J connectivity index is 1.90. The Bertz CT molecular complexity index is 1510. The summed E-state index contributed by atoms with van der Waals surface area (Å²) in [5.41, 5.74) is 2.09. The fourth-order valence-electron chi connectivity index (χ4n) is 4.15. The topological polar surface area (TPSA) is 89.4 Å².